The molecule has 0 radical (unpaired) electrons. The minimum absolute atomic E-state index is 0.0302. The number of aliphatic hydroxyl groups is 1. The van der Waals surface area contributed by atoms with Gasteiger partial charge in [0.25, 0.3) is 0 Å². The van der Waals surface area contributed by atoms with Crippen molar-refractivity contribution in [3.05, 3.63) is 47.6 Å². The molecule has 3 nitrogen and oxygen atoms in total. The maximum Gasteiger partial charge on any atom is 0.192 e. The second-order valence-electron chi connectivity index (χ2n) is 17.7. The standard InChI is InChI=1S/C38H66O3Si2/c1-26(16-23-35(39)29-18-19-29)32-21-22-33-28(14-13-15-34(32)33)17-20-30-24-31(40-42(9,10)37(3,4)5)25-36(27(30)2)41-43(11,12)38(6,7)8/h16-17,20,23,26,29,31-36,39H,2,13-15,18-19,21-22,24-25H2,1,3-12H3/b23-16+,28-17-,30-20-/t26-,31-,32-,33+,34-,35-,36+/m1/s1. The van der Waals surface area contributed by atoms with Gasteiger partial charge in [-0.05, 0) is 128 Å². The minimum atomic E-state index is -1.97. The summed E-state index contributed by atoms with van der Waals surface area (Å²) in [6.07, 6.45) is 20.1. The highest BCUT2D eigenvalue weighted by Gasteiger charge is 2.45. The van der Waals surface area contributed by atoms with E-state index in [0.29, 0.717) is 17.8 Å². The van der Waals surface area contributed by atoms with Crippen molar-refractivity contribution in [2.45, 2.75) is 161 Å². The molecule has 0 amide bonds. The Morgan fingerprint density at radius 1 is 0.860 bits per heavy atom. The van der Waals surface area contributed by atoms with Crippen LogP contribution in [0.25, 0.3) is 0 Å². The summed E-state index contributed by atoms with van der Waals surface area (Å²) in [5.74, 6) is 3.27. The van der Waals surface area contributed by atoms with Crippen LogP contribution in [0.2, 0.25) is 36.3 Å². The molecule has 1 N–H and O–H groups in total. The molecule has 0 saturated heterocycles. The highest BCUT2D eigenvalue weighted by atomic mass is 28.4. The molecule has 0 aromatic heterocycles. The lowest BCUT2D eigenvalue weighted by Crippen LogP contribution is -2.49. The monoisotopic (exact) mass is 626 g/mol. The molecule has 43 heavy (non-hydrogen) atoms. The fourth-order valence-corrected chi connectivity index (χ4v) is 10.0. The minimum Gasteiger partial charge on any atom is -0.413 e. The number of hydrogen-bond donors (Lipinski definition) is 1. The van der Waals surface area contributed by atoms with Crippen LogP contribution in [0.15, 0.2) is 47.6 Å². The van der Waals surface area contributed by atoms with Gasteiger partial charge in [0.2, 0.25) is 0 Å². The third-order valence-corrected chi connectivity index (χ3v) is 21.5. The number of allylic oxidation sites excluding steroid dienone is 4. The molecule has 4 aliphatic rings. The zero-order valence-corrected chi connectivity index (χ0v) is 31.8. The van der Waals surface area contributed by atoms with Gasteiger partial charge in [-0.1, -0.05) is 84.9 Å². The molecular weight excluding hydrogens is 561 g/mol. The van der Waals surface area contributed by atoms with Crippen molar-refractivity contribution in [2.24, 2.45) is 29.6 Å². The molecule has 0 aromatic rings. The Morgan fingerprint density at radius 3 is 2.09 bits per heavy atom. The summed E-state index contributed by atoms with van der Waals surface area (Å²) >= 11 is 0. The summed E-state index contributed by atoms with van der Waals surface area (Å²) in [6.45, 7) is 30.6. The SMILES string of the molecule is C=C1/C(=C\C=C2\CCC[C@@H]3[C@@H]([C@H](C)/C=C/[C@@H](O)C4CC4)CC[C@@H]23)C[C@@H](O[Si](C)(C)C(C)(C)C)C[C@@H]1O[Si](C)(C)C(C)(C)C. The van der Waals surface area contributed by atoms with Crippen molar-refractivity contribution in [3.63, 3.8) is 0 Å². The fraction of sp³-hybridized carbons (Fsp3) is 0.789. The first kappa shape index (κ1) is 35.1. The highest BCUT2D eigenvalue weighted by molar-refractivity contribution is 6.74. The Balaban J connectivity index is 1.54. The summed E-state index contributed by atoms with van der Waals surface area (Å²) in [6, 6.07) is 0. The topological polar surface area (TPSA) is 38.7 Å². The summed E-state index contributed by atoms with van der Waals surface area (Å²) in [4.78, 5) is 0. The van der Waals surface area contributed by atoms with E-state index in [-0.39, 0.29) is 28.4 Å². The molecule has 0 bridgehead atoms. The average molecular weight is 627 g/mol. The lowest BCUT2D eigenvalue weighted by atomic mass is 9.72. The lowest BCUT2D eigenvalue weighted by molar-refractivity contribution is 0.0970. The molecule has 5 heteroatoms. The van der Waals surface area contributed by atoms with Gasteiger partial charge in [-0.3, -0.25) is 0 Å². The third kappa shape index (κ3) is 8.36. The molecule has 4 rings (SSSR count). The molecule has 4 fully saturated rings. The second kappa shape index (κ2) is 13.2. The number of hydrogen-bond acceptors (Lipinski definition) is 3. The molecule has 0 spiro atoms. The van der Waals surface area contributed by atoms with Crippen molar-refractivity contribution < 1.29 is 14.0 Å². The summed E-state index contributed by atoms with van der Waals surface area (Å²) in [7, 11) is -3.88. The first-order valence-electron chi connectivity index (χ1n) is 17.6. The van der Waals surface area contributed by atoms with E-state index in [2.05, 4.69) is 106 Å². The van der Waals surface area contributed by atoms with E-state index in [1.807, 2.05) is 0 Å². The zero-order valence-electron chi connectivity index (χ0n) is 29.8. The van der Waals surface area contributed by atoms with Crippen LogP contribution in [0.1, 0.15) is 106 Å². The third-order valence-electron chi connectivity index (χ3n) is 12.5. The van der Waals surface area contributed by atoms with Crippen LogP contribution >= 0.6 is 0 Å². The van der Waals surface area contributed by atoms with Gasteiger partial charge >= 0.3 is 0 Å². The Hall–Kier alpha value is -0.726. The number of aliphatic hydroxyl groups excluding tert-OH is 1. The predicted octanol–water partition coefficient (Wildman–Crippen LogP) is 10.8. The summed E-state index contributed by atoms with van der Waals surface area (Å²) in [5, 5.41) is 10.7. The maximum absolute atomic E-state index is 10.4. The van der Waals surface area contributed by atoms with Crippen LogP contribution in [-0.4, -0.2) is 40.1 Å². The van der Waals surface area contributed by atoms with Gasteiger partial charge in [0.1, 0.15) is 0 Å². The normalized spacial score (nSPS) is 32.9. The molecule has 0 aromatic carbocycles. The van der Waals surface area contributed by atoms with Crippen LogP contribution in [0.4, 0.5) is 0 Å². The first-order valence-corrected chi connectivity index (χ1v) is 23.4. The van der Waals surface area contributed by atoms with E-state index < -0.39 is 16.6 Å². The molecule has 4 aliphatic carbocycles. The van der Waals surface area contributed by atoms with Crippen molar-refractivity contribution in [1.82, 2.24) is 0 Å². The van der Waals surface area contributed by atoms with Gasteiger partial charge in [-0.25, -0.2) is 0 Å². The van der Waals surface area contributed by atoms with Crippen LogP contribution < -0.4 is 0 Å². The van der Waals surface area contributed by atoms with Gasteiger partial charge < -0.3 is 14.0 Å². The van der Waals surface area contributed by atoms with E-state index >= 15 is 0 Å². The Bertz CT molecular complexity index is 1080. The van der Waals surface area contributed by atoms with Crippen LogP contribution in [-0.2, 0) is 8.85 Å². The van der Waals surface area contributed by atoms with E-state index in [4.69, 9.17) is 8.85 Å². The summed E-state index contributed by atoms with van der Waals surface area (Å²) < 4.78 is 14.1. The van der Waals surface area contributed by atoms with Gasteiger partial charge in [-0.2, -0.15) is 0 Å². The number of rotatable bonds is 9. The van der Waals surface area contributed by atoms with Crippen LogP contribution in [0.3, 0.4) is 0 Å². The smallest absolute Gasteiger partial charge is 0.192 e. The predicted molar refractivity (Wildman–Crippen MR) is 189 cm³/mol. The van der Waals surface area contributed by atoms with Crippen molar-refractivity contribution in [2.75, 3.05) is 0 Å². The Morgan fingerprint density at radius 2 is 1.49 bits per heavy atom. The van der Waals surface area contributed by atoms with Crippen molar-refractivity contribution in [3.8, 4) is 0 Å². The molecule has 7 atom stereocenters. The van der Waals surface area contributed by atoms with E-state index in [1.165, 1.54) is 56.1 Å². The lowest BCUT2D eigenvalue weighted by Gasteiger charge is -2.45. The number of fused-ring (bicyclic) bond motifs is 1. The maximum atomic E-state index is 10.4. The van der Waals surface area contributed by atoms with Gasteiger partial charge in [0.15, 0.2) is 16.6 Å². The second-order valence-corrected chi connectivity index (χ2v) is 27.3. The molecular formula is C38H66O3Si2. The quantitative estimate of drug-likeness (QED) is 0.204. The molecule has 244 valence electrons. The largest absolute Gasteiger partial charge is 0.413 e. The Labute approximate surface area is 267 Å². The fourth-order valence-electron chi connectivity index (χ4n) is 7.35. The van der Waals surface area contributed by atoms with Gasteiger partial charge in [0.05, 0.1) is 18.3 Å². The van der Waals surface area contributed by atoms with Crippen molar-refractivity contribution in [1.29, 1.82) is 0 Å². The van der Waals surface area contributed by atoms with E-state index in [1.54, 1.807) is 5.57 Å². The zero-order chi connectivity index (χ0) is 32.0. The average Bonchev–Trinajstić information content (AvgIpc) is 3.65. The van der Waals surface area contributed by atoms with Crippen LogP contribution in [0, 0.1) is 29.6 Å². The van der Waals surface area contributed by atoms with Gasteiger partial charge in [-0.15, -0.1) is 0 Å². The molecule has 4 saturated carbocycles. The molecule has 0 unspecified atom stereocenters. The van der Waals surface area contributed by atoms with Gasteiger partial charge in [0, 0.05) is 6.42 Å². The molecule has 0 aliphatic heterocycles. The van der Waals surface area contributed by atoms with Crippen LogP contribution in [0.5, 0.6) is 0 Å². The van der Waals surface area contributed by atoms with Crippen molar-refractivity contribution >= 4 is 16.6 Å². The first-order chi connectivity index (χ1) is 19.8. The Kier molecular flexibility index (Phi) is 10.8. The summed E-state index contributed by atoms with van der Waals surface area (Å²) in [5.41, 5.74) is 4.18. The van der Waals surface area contributed by atoms with E-state index in [9.17, 15) is 5.11 Å². The highest BCUT2D eigenvalue weighted by Crippen LogP contribution is 2.51. The molecule has 0 heterocycles. The van der Waals surface area contributed by atoms with E-state index in [0.717, 1.165) is 24.7 Å².